The standard InChI is InChI=1S/C11H11F2NO2/c1-7(5-10(15)16)6-14-9-4-2-3-8(12)11(9)13/h2-5,14H,6H2,1H3,(H,15,16)/b7-5-. The molecule has 2 N–H and O–H groups in total. The molecule has 0 fully saturated rings. The lowest BCUT2D eigenvalue weighted by atomic mass is 10.2. The molecule has 0 spiro atoms. The van der Waals surface area contributed by atoms with Gasteiger partial charge in [-0.25, -0.2) is 13.6 Å². The molecule has 16 heavy (non-hydrogen) atoms. The molecule has 1 aromatic carbocycles. The molecule has 86 valence electrons. The molecule has 0 aromatic heterocycles. The van der Waals surface area contributed by atoms with E-state index in [2.05, 4.69) is 5.32 Å². The summed E-state index contributed by atoms with van der Waals surface area (Å²) in [6, 6.07) is 3.77. The molecule has 0 amide bonds. The molecule has 0 heterocycles. The van der Waals surface area contributed by atoms with Crippen LogP contribution in [0.2, 0.25) is 0 Å². The molecule has 0 saturated heterocycles. The van der Waals surface area contributed by atoms with Crippen LogP contribution in [0.4, 0.5) is 14.5 Å². The van der Waals surface area contributed by atoms with Crippen LogP contribution in [0.5, 0.6) is 0 Å². The lowest BCUT2D eigenvalue weighted by Gasteiger charge is -2.07. The zero-order valence-electron chi connectivity index (χ0n) is 8.63. The third-order valence-electron chi connectivity index (χ3n) is 1.88. The minimum absolute atomic E-state index is 0.0122. The van der Waals surface area contributed by atoms with Crippen LogP contribution in [0.25, 0.3) is 0 Å². The van der Waals surface area contributed by atoms with E-state index in [0.717, 1.165) is 12.1 Å². The summed E-state index contributed by atoms with van der Waals surface area (Å²) in [5.41, 5.74) is 0.523. The Morgan fingerprint density at radius 3 is 2.81 bits per heavy atom. The number of anilines is 1. The third kappa shape index (κ3) is 3.34. The Labute approximate surface area is 91.4 Å². The molecule has 0 saturated carbocycles. The first kappa shape index (κ1) is 12.2. The Morgan fingerprint density at radius 1 is 1.50 bits per heavy atom. The number of carbonyl (C=O) groups is 1. The fourth-order valence-corrected chi connectivity index (χ4v) is 1.14. The number of rotatable bonds is 4. The van der Waals surface area contributed by atoms with Crippen molar-refractivity contribution in [1.82, 2.24) is 0 Å². The molecule has 0 radical (unpaired) electrons. The molecule has 3 nitrogen and oxygen atoms in total. The summed E-state index contributed by atoms with van der Waals surface area (Å²) < 4.78 is 25.9. The number of carboxylic acid groups (broad SMARTS) is 1. The molecule has 0 atom stereocenters. The number of nitrogens with one attached hydrogen (secondary N) is 1. The highest BCUT2D eigenvalue weighted by Gasteiger charge is 2.06. The Kier molecular flexibility index (Phi) is 3.99. The molecular formula is C11H11F2NO2. The summed E-state index contributed by atoms with van der Waals surface area (Å²) >= 11 is 0. The minimum Gasteiger partial charge on any atom is -0.478 e. The fourth-order valence-electron chi connectivity index (χ4n) is 1.14. The van der Waals surface area contributed by atoms with Gasteiger partial charge in [-0.2, -0.15) is 0 Å². The number of aliphatic carboxylic acids is 1. The molecule has 0 aliphatic carbocycles. The van der Waals surface area contributed by atoms with Crippen molar-refractivity contribution in [1.29, 1.82) is 0 Å². The van der Waals surface area contributed by atoms with Gasteiger partial charge in [0, 0.05) is 12.6 Å². The molecule has 1 rings (SSSR count). The van der Waals surface area contributed by atoms with Crippen molar-refractivity contribution < 1.29 is 18.7 Å². The Hall–Kier alpha value is -1.91. The van der Waals surface area contributed by atoms with E-state index in [-0.39, 0.29) is 12.2 Å². The van der Waals surface area contributed by atoms with Gasteiger partial charge < -0.3 is 10.4 Å². The lowest BCUT2D eigenvalue weighted by molar-refractivity contribution is -0.131. The van der Waals surface area contributed by atoms with Gasteiger partial charge in [-0.05, 0) is 24.6 Å². The second-order valence-electron chi connectivity index (χ2n) is 3.28. The average molecular weight is 227 g/mol. The maximum Gasteiger partial charge on any atom is 0.328 e. The third-order valence-corrected chi connectivity index (χ3v) is 1.88. The van der Waals surface area contributed by atoms with Gasteiger partial charge in [0.1, 0.15) is 0 Å². The smallest absolute Gasteiger partial charge is 0.328 e. The van der Waals surface area contributed by atoms with Crippen molar-refractivity contribution in [2.75, 3.05) is 11.9 Å². The lowest BCUT2D eigenvalue weighted by Crippen LogP contribution is -2.06. The van der Waals surface area contributed by atoms with E-state index >= 15 is 0 Å². The van der Waals surface area contributed by atoms with Crippen molar-refractivity contribution in [2.24, 2.45) is 0 Å². The monoisotopic (exact) mass is 227 g/mol. The molecule has 0 bridgehead atoms. The first-order chi connectivity index (χ1) is 7.50. The van der Waals surface area contributed by atoms with Crippen LogP contribution in [0, 0.1) is 11.6 Å². The van der Waals surface area contributed by atoms with Crippen LogP contribution in [0.15, 0.2) is 29.8 Å². The van der Waals surface area contributed by atoms with Crippen molar-refractivity contribution in [2.45, 2.75) is 6.92 Å². The zero-order chi connectivity index (χ0) is 12.1. The molecule has 0 aliphatic rings. The largest absolute Gasteiger partial charge is 0.478 e. The van der Waals surface area contributed by atoms with Gasteiger partial charge in [-0.1, -0.05) is 6.07 Å². The summed E-state index contributed by atoms with van der Waals surface area (Å²) in [7, 11) is 0. The van der Waals surface area contributed by atoms with Gasteiger partial charge >= 0.3 is 5.97 Å². The first-order valence-electron chi connectivity index (χ1n) is 4.58. The van der Waals surface area contributed by atoms with Crippen LogP contribution >= 0.6 is 0 Å². The van der Waals surface area contributed by atoms with Crippen molar-refractivity contribution in [3.63, 3.8) is 0 Å². The van der Waals surface area contributed by atoms with Crippen molar-refractivity contribution in [3.05, 3.63) is 41.5 Å². The quantitative estimate of drug-likeness (QED) is 0.776. The van der Waals surface area contributed by atoms with E-state index in [0.29, 0.717) is 5.57 Å². The van der Waals surface area contributed by atoms with E-state index in [1.54, 1.807) is 6.92 Å². The Morgan fingerprint density at radius 2 is 2.19 bits per heavy atom. The van der Waals surface area contributed by atoms with Crippen LogP contribution in [-0.4, -0.2) is 17.6 Å². The normalized spacial score (nSPS) is 11.3. The Balaban J connectivity index is 2.68. The SMILES string of the molecule is C/C(=C/C(=O)O)CNc1cccc(F)c1F. The summed E-state index contributed by atoms with van der Waals surface area (Å²) in [6.07, 6.45) is 1.00. The summed E-state index contributed by atoms with van der Waals surface area (Å²) in [4.78, 5) is 10.3. The molecule has 1 aromatic rings. The average Bonchev–Trinajstić information content (AvgIpc) is 2.19. The number of hydrogen-bond acceptors (Lipinski definition) is 2. The predicted octanol–water partition coefficient (Wildman–Crippen LogP) is 2.41. The van der Waals surface area contributed by atoms with Gasteiger partial charge in [0.25, 0.3) is 0 Å². The molecule has 5 heteroatoms. The van der Waals surface area contributed by atoms with Crippen molar-refractivity contribution in [3.8, 4) is 0 Å². The van der Waals surface area contributed by atoms with Gasteiger partial charge in [-0.3, -0.25) is 0 Å². The van der Waals surface area contributed by atoms with Crippen LogP contribution in [0.3, 0.4) is 0 Å². The number of halogens is 2. The maximum atomic E-state index is 13.1. The Bertz CT molecular complexity index is 430. The highest BCUT2D eigenvalue weighted by Crippen LogP contribution is 2.16. The summed E-state index contributed by atoms with van der Waals surface area (Å²) in [6.45, 7) is 1.73. The van der Waals surface area contributed by atoms with Gasteiger partial charge in [0.05, 0.1) is 5.69 Å². The molecule has 0 aliphatic heterocycles. The summed E-state index contributed by atoms with van der Waals surface area (Å²) in [5, 5.41) is 11.1. The van der Waals surface area contributed by atoms with E-state index < -0.39 is 17.6 Å². The maximum absolute atomic E-state index is 13.1. The van der Waals surface area contributed by atoms with Crippen LogP contribution < -0.4 is 5.32 Å². The van der Waals surface area contributed by atoms with Crippen LogP contribution in [0.1, 0.15) is 6.92 Å². The van der Waals surface area contributed by atoms with Gasteiger partial charge in [0.15, 0.2) is 11.6 Å². The van der Waals surface area contributed by atoms with Crippen LogP contribution in [-0.2, 0) is 4.79 Å². The van der Waals surface area contributed by atoms with E-state index in [1.165, 1.54) is 12.1 Å². The number of benzene rings is 1. The second-order valence-corrected chi connectivity index (χ2v) is 3.28. The first-order valence-corrected chi connectivity index (χ1v) is 4.58. The van der Waals surface area contributed by atoms with Gasteiger partial charge in [-0.15, -0.1) is 0 Å². The topological polar surface area (TPSA) is 49.3 Å². The zero-order valence-corrected chi connectivity index (χ0v) is 8.63. The molecule has 0 unspecified atom stereocenters. The predicted molar refractivity (Wildman–Crippen MR) is 56.2 cm³/mol. The minimum atomic E-state index is -1.07. The van der Waals surface area contributed by atoms with E-state index in [9.17, 15) is 13.6 Å². The highest BCUT2D eigenvalue weighted by molar-refractivity contribution is 5.80. The van der Waals surface area contributed by atoms with Gasteiger partial charge in [0.2, 0.25) is 0 Å². The molecular weight excluding hydrogens is 216 g/mol. The van der Waals surface area contributed by atoms with E-state index in [1.807, 2.05) is 0 Å². The number of carboxylic acids is 1. The summed E-state index contributed by atoms with van der Waals surface area (Å²) in [5.74, 6) is -2.98. The van der Waals surface area contributed by atoms with E-state index in [4.69, 9.17) is 5.11 Å². The van der Waals surface area contributed by atoms with Crippen molar-refractivity contribution >= 4 is 11.7 Å². The second kappa shape index (κ2) is 5.25. The highest BCUT2D eigenvalue weighted by atomic mass is 19.2. The fraction of sp³-hybridized carbons (Fsp3) is 0.182. The number of hydrogen-bond donors (Lipinski definition) is 2.